The van der Waals surface area contributed by atoms with Crippen LogP contribution < -0.4 is 0 Å². The van der Waals surface area contributed by atoms with Crippen molar-refractivity contribution in [3.8, 4) is 33.5 Å². The average Bonchev–Trinajstić information content (AvgIpc) is 3.65. The maximum atomic E-state index is 6.47. The minimum Gasteiger partial charge on any atom is -0.437 e. The minimum absolute atomic E-state index is 0.678. The lowest BCUT2D eigenvalue weighted by atomic mass is 9.91. The smallest absolute Gasteiger partial charge is 0.227 e. The van der Waals surface area contributed by atoms with Crippen LogP contribution in [0.5, 0.6) is 0 Å². The van der Waals surface area contributed by atoms with Crippen molar-refractivity contribution >= 4 is 22.1 Å². The zero-order chi connectivity index (χ0) is 27.2. The number of rotatable bonds is 5. The maximum absolute atomic E-state index is 6.47. The predicted octanol–water partition coefficient (Wildman–Crippen LogP) is 10.2. The largest absolute Gasteiger partial charge is 0.437 e. The van der Waals surface area contributed by atoms with Gasteiger partial charge in [0, 0.05) is 39.4 Å². The molecule has 0 amide bonds. The molecular weight excluding hydrogens is 488 g/mol. The van der Waals surface area contributed by atoms with Gasteiger partial charge in [-0.3, -0.25) is 4.98 Å². The molecule has 1 saturated carbocycles. The predicted molar refractivity (Wildman–Crippen MR) is 166 cm³/mol. The van der Waals surface area contributed by atoms with Crippen LogP contribution in [0.1, 0.15) is 60.9 Å². The molecule has 0 saturated heterocycles. The van der Waals surface area contributed by atoms with Crippen molar-refractivity contribution in [3.63, 3.8) is 0 Å². The topological polar surface area (TPSA) is 38.9 Å². The summed E-state index contributed by atoms with van der Waals surface area (Å²) >= 11 is 0. The Morgan fingerprint density at radius 3 is 2.40 bits per heavy atom. The fourth-order valence-electron chi connectivity index (χ4n) is 6.41. The van der Waals surface area contributed by atoms with Crippen molar-refractivity contribution in [3.05, 3.63) is 107 Å². The molecule has 3 nitrogen and oxygen atoms in total. The van der Waals surface area contributed by atoms with Gasteiger partial charge < -0.3 is 4.42 Å². The van der Waals surface area contributed by atoms with Crippen LogP contribution >= 0.6 is 0 Å². The van der Waals surface area contributed by atoms with E-state index in [1.807, 2.05) is 19.2 Å². The second-order valence-corrected chi connectivity index (χ2v) is 11.3. The summed E-state index contributed by atoms with van der Waals surface area (Å²) in [5.41, 5.74) is 13.0. The van der Waals surface area contributed by atoms with E-state index in [9.17, 15) is 0 Å². The summed E-state index contributed by atoms with van der Waals surface area (Å²) in [5, 5.41) is 2.12. The Hall–Kier alpha value is -4.24. The SMILES string of the molecule is CCc1cccc(-c2cnc(-c3c(C)ccc4c3oc3nc(C)ccc34)c(-c3ccc(C4CCCC4)cc3)c2)c1. The maximum Gasteiger partial charge on any atom is 0.227 e. The normalized spacial score (nSPS) is 14.0. The van der Waals surface area contributed by atoms with Gasteiger partial charge in [-0.25, -0.2) is 4.98 Å². The van der Waals surface area contributed by atoms with E-state index in [-0.39, 0.29) is 0 Å². The fraction of sp³-hybridized carbons (Fsp3) is 0.243. The molecule has 0 N–H and O–H groups in total. The van der Waals surface area contributed by atoms with Crippen LogP contribution in [0.4, 0.5) is 0 Å². The number of hydrogen-bond acceptors (Lipinski definition) is 3. The van der Waals surface area contributed by atoms with Crippen molar-refractivity contribution in [2.75, 3.05) is 0 Å². The highest BCUT2D eigenvalue weighted by Crippen LogP contribution is 2.42. The number of furan rings is 1. The Morgan fingerprint density at radius 1 is 0.800 bits per heavy atom. The Balaban J connectivity index is 1.45. The van der Waals surface area contributed by atoms with Crippen LogP contribution in [0.25, 0.3) is 55.6 Å². The van der Waals surface area contributed by atoms with Crippen molar-refractivity contribution in [2.45, 2.75) is 58.8 Å². The van der Waals surface area contributed by atoms with Crippen molar-refractivity contribution in [2.24, 2.45) is 0 Å². The molecule has 3 heterocycles. The molecule has 1 aliphatic carbocycles. The second-order valence-electron chi connectivity index (χ2n) is 11.3. The van der Waals surface area contributed by atoms with E-state index >= 15 is 0 Å². The van der Waals surface area contributed by atoms with Crippen LogP contribution in [0.2, 0.25) is 0 Å². The summed E-state index contributed by atoms with van der Waals surface area (Å²) < 4.78 is 6.47. The molecule has 0 spiro atoms. The van der Waals surface area contributed by atoms with E-state index in [0.29, 0.717) is 11.6 Å². The number of fused-ring (bicyclic) bond motifs is 3. The van der Waals surface area contributed by atoms with Gasteiger partial charge in [0.25, 0.3) is 0 Å². The highest BCUT2D eigenvalue weighted by Gasteiger charge is 2.21. The third-order valence-electron chi connectivity index (χ3n) is 8.70. The molecule has 0 bridgehead atoms. The number of nitrogens with zero attached hydrogens (tertiary/aromatic N) is 2. The molecular formula is C37H34N2O. The number of hydrogen-bond donors (Lipinski definition) is 0. The summed E-state index contributed by atoms with van der Waals surface area (Å²) in [6.45, 7) is 6.35. The monoisotopic (exact) mass is 522 g/mol. The van der Waals surface area contributed by atoms with Crippen LogP contribution in [-0.2, 0) is 6.42 Å². The van der Waals surface area contributed by atoms with Crippen LogP contribution in [0.3, 0.4) is 0 Å². The fourth-order valence-corrected chi connectivity index (χ4v) is 6.41. The van der Waals surface area contributed by atoms with Gasteiger partial charge in [-0.15, -0.1) is 0 Å². The van der Waals surface area contributed by atoms with Gasteiger partial charge in [-0.1, -0.05) is 80.4 Å². The summed E-state index contributed by atoms with van der Waals surface area (Å²) in [6.07, 6.45) is 8.31. The van der Waals surface area contributed by atoms with Crippen molar-refractivity contribution < 1.29 is 4.42 Å². The van der Waals surface area contributed by atoms with Crippen LogP contribution in [0.15, 0.2) is 89.5 Å². The molecule has 0 unspecified atom stereocenters. The number of benzene rings is 3. The molecule has 0 radical (unpaired) electrons. The third kappa shape index (κ3) is 4.30. The summed E-state index contributed by atoms with van der Waals surface area (Å²) in [5.74, 6) is 0.692. The summed E-state index contributed by atoms with van der Waals surface area (Å²) in [6, 6.07) is 28.9. The van der Waals surface area contributed by atoms with E-state index in [4.69, 9.17) is 9.40 Å². The molecule has 3 aromatic heterocycles. The molecule has 198 valence electrons. The van der Waals surface area contributed by atoms with E-state index < -0.39 is 0 Å². The van der Waals surface area contributed by atoms with Crippen LogP contribution in [-0.4, -0.2) is 9.97 Å². The number of aryl methyl sites for hydroxylation is 3. The first kappa shape index (κ1) is 24.8. The van der Waals surface area contributed by atoms with Crippen molar-refractivity contribution in [1.29, 1.82) is 0 Å². The van der Waals surface area contributed by atoms with E-state index in [1.165, 1.54) is 47.9 Å². The van der Waals surface area contributed by atoms with Gasteiger partial charge in [0.2, 0.25) is 5.71 Å². The molecule has 1 fully saturated rings. The quantitative estimate of drug-likeness (QED) is 0.226. The second kappa shape index (κ2) is 10.1. The average molecular weight is 523 g/mol. The molecule has 40 heavy (non-hydrogen) atoms. The first-order chi connectivity index (χ1) is 19.6. The highest BCUT2D eigenvalue weighted by molar-refractivity contribution is 6.10. The highest BCUT2D eigenvalue weighted by atomic mass is 16.3. The standard InChI is InChI=1S/C37H34N2O/c1-4-25-8-7-11-29(20-25)30-21-33(28-16-14-27(15-17-28)26-9-5-6-10-26)35(38-22-30)34-23(2)12-18-31-32-19-13-24(3)39-37(32)40-36(31)34/h7-8,11-22,26H,4-6,9-10H2,1-3H3. The van der Waals surface area contributed by atoms with E-state index in [2.05, 4.69) is 91.6 Å². The van der Waals surface area contributed by atoms with Gasteiger partial charge in [0.15, 0.2) is 0 Å². The Kier molecular flexibility index (Phi) is 6.23. The van der Waals surface area contributed by atoms with E-state index in [0.717, 1.165) is 56.4 Å². The molecule has 1 aliphatic rings. The van der Waals surface area contributed by atoms with E-state index in [1.54, 1.807) is 0 Å². The molecule has 3 aromatic carbocycles. The molecule has 0 aliphatic heterocycles. The Morgan fingerprint density at radius 2 is 1.60 bits per heavy atom. The molecule has 7 rings (SSSR count). The minimum atomic E-state index is 0.678. The molecule has 0 atom stereocenters. The first-order valence-corrected chi connectivity index (χ1v) is 14.6. The number of pyridine rings is 2. The lowest BCUT2D eigenvalue weighted by Crippen LogP contribution is -1.96. The Labute approximate surface area is 235 Å². The van der Waals surface area contributed by atoms with Gasteiger partial charge >= 0.3 is 0 Å². The van der Waals surface area contributed by atoms with Gasteiger partial charge in [0.05, 0.1) is 5.69 Å². The molecule has 3 heteroatoms. The van der Waals surface area contributed by atoms with Gasteiger partial charge in [0.1, 0.15) is 5.58 Å². The van der Waals surface area contributed by atoms with Gasteiger partial charge in [-0.2, -0.15) is 0 Å². The first-order valence-electron chi connectivity index (χ1n) is 14.6. The zero-order valence-electron chi connectivity index (χ0n) is 23.5. The van der Waals surface area contributed by atoms with Crippen LogP contribution in [0, 0.1) is 13.8 Å². The lowest BCUT2D eigenvalue weighted by molar-refractivity contribution is 0.653. The lowest BCUT2D eigenvalue weighted by Gasteiger charge is -2.16. The van der Waals surface area contributed by atoms with Crippen molar-refractivity contribution in [1.82, 2.24) is 9.97 Å². The number of aromatic nitrogens is 2. The Bertz CT molecular complexity index is 1860. The van der Waals surface area contributed by atoms with Gasteiger partial charge in [-0.05, 0) is 85.0 Å². The zero-order valence-corrected chi connectivity index (χ0v) is 23.5. The summed E-state index contributed by atoms with van der Waals surface area (Å²) in [7, 11) is 0. The summed E-state index contributed by atoms with van der Waals surface area (Å²) in [4.78, 5) is 9.86. The third-order valence-corrected chi connectivity index (χ3v) is 8.70. The molecule has 6 aromatic rings.